The van der Waals surface area contributed by atoms with Gasteiger partial charge < -0.3 is 14.2 Å². The number of unbranched alkanes of at least 4 members (excludes halogenated alkanes) is 1. The molecular weight excluding hydrogens is 358 g/mol. The van der Waals surface area contributed by atoms with Crippen molar-refractivity contribution >= 4 is 11.0 Å². The standard InChI is InChI=1S/C25H33N3O/c1-21-11-2-5-14-24(21)29-20-9-8-19-28-23-13-4-3-12-22(23)26-25(28)15-10-18-27-16-6-7-17-27/h2-5,11-14H,6-10,15-20H2,1H3. The summed E-state index contributed by atoms with van der Waals surface area (Å²) < 4.78 is 8.40. The second-order valence-electron chi connectivity index (χ2n) is 8.14. The van der Waals surface area contributed by atoms with E-state index in [1.165, 1.54) is 55.8 Å². The van der Waals surface area contributed by atoms with Gasteiger partial charge in [0.25, 0.3) is 0 Å². The molecule has 1 aromatic heterocycles. The van der Waals surface area contributed by atoms with Gasteiger partial charge in [0, 0.05) is 13.0 Å². The molecule has 0 amide bonds. The van der Waals surface area contributed by atoms with Gasteiger partial charge in [-0.05, 0) is 82.4 Å². The van der Waals surface area contributed by atoms with Crippen LogP contribution in [-0.4, -0.2) is 40.7 Å². The van der Waals surface area contributed by atoms with Gasteiger partial charge in [-0.15, -0.1) is 0 Å². The molecule has 1 saturated heterocycles. The molecule has 0 saturated carbocycles. The number of hydrogen-bond donors (Lipinski definition) is 0. The van der Waals surface area contributed by atoms with Crippen molar-refractivity contribution in [3.63, 3.8) is 0 Å². The zero-order valence-electron chi connectivity index (χ0n) is 17.6. The maximum absolute atomic E-state index is 5.97. The van der Waals surface area contributed by atoms with E-state index in [4.69, 9.17) is 9.72 Å². The second-order valence-corrected chi connectivity index (χ2v) is 8.14. The molecule has 1 aliphatic rings. The average molecular weight is 392 g/mol. The molecule has 4 heteroatoms. The Bertz CT molecular complexity index is 911. The number of imidazole rings is 1. The van der Waals surface area contributed by atoms with E-state index in [-0.39, 0.29) is 0 Å². The summed E-state index contributed by atoms with van der Waals surface area (Å²) in [5.74, 6) is 2.24. The number of para-hydroxylation sites is 3. The number of fused-ring (bicyclic) bond motifs is 1. The van der Waals surface area contributed by atoms with E-state index in [1.807, 2.05) is 6.07 Å². The molecule has 0 spiro atoms. The van der Waals surface area contributed by atoms with E-state index in [0.717, 1.165) is 43.7 Å². The van der Waals surface area contributed by atoms with Crippen molar-refractivity contribution in [1.29, 1.82) is 0 Å². The lowest BCUT2D eigenvalue weighted by molar-refractivity contribution is 0.301. The molecule has 0 atom stereocenters. The van der Waals surface area contributed by atoms with Crippen molar-refractivity contribution in [2.45, 2.75) is 52.0 Å². The summed E-state index contributed by atoms with van der Waals surface area (Å²) in [5, 5.41) is 0. The van der Waals surface area contributed by atoms with E-state index in [2.05, 4.69) is 58.9 Å². The maximum Gasteiger partial charge on any atom is 0.122 e. The molecular formula is C25H33N3O. The van der Waals surface area contributed by atoms with Gasteiger partial charge in [-0.3, -0.25) is 0 Å². The highest BCUT2D eigenvalue weighted by Crippen LogP contribution is 2.20. The summed E-state index contributed by atoms with van der Waals surface area (Å²) in [5.41, 5.74) is 3.59. The van der Waals surface area contributed by atoms with Crippen LogP contribution in [0, 0.1) is 6.92 Å². The molecule has 1 aliphatic heterocycles. The SMILES string of the molecule is Cc1ccccc1OCCCCn1c(CCCN2CCCC2)nc2ccccc21. The van der Waals surface area contributed by atoms with Crippen molar-refractivity contribution in [3.8, 4) is 5.75 Å². The zero-order valence-corrected chi connectivity index (χ0v) is 17.6. The minimum Gasteiger partial charge on any atom is -0.493 e. The van der Waals surface area contributed by atoms with Crippen LogP contribution in [0.25, 0.3) is 11.0 Å². The van der Waals surface area contributed by atoms with E-state index in [9.17, 15) is 0 Å². The molecule has 0 N–H and O–H groups in total. The summed E-state index contributed by atoms with van der Waals surface area (Å²) in [6.45, 7) is 7.63. The van der Waals surface area contributed by atoms with Crippen molar-refractivity contribution in [2.75, 3.05) is 26.2 Å². The van der Waals surface area contributed by atoms with Gasteiger partial charge in [-0.2, -0.15) is 0 Å². The number of nitrogens with zero attached hydrogens (tertiary/aromatic N) is 3. The second kappa shape index (κ2) is 9.93. The minimum absolute atomic E-state index is 0.766. The lowest BCUT2D eigenvalue weighted by atomic mass is 10.2. The Kier molecular flexibility index (Phi) is 6.83. The third-order valence-corrected chi connectivity index (χ3v) is 5.93. The molecule has 29 heavy (non-hydrogen) atoms. The van der Waals surface area contributed by atoms with Gasteiger partial charge in [-0.1, -0.05) is 30.3 Å². The number of hydrogen-bond acceptors (Lipinski definition) is 3. The number of aryl methyl sites for hydroxylation is 3. The number of likely N-dealkylation sites (tertiary alicyclic amines) is 1. The molecule has 4 nitrogen and oxygen atoms in total. The van der Waals surface area contributed by atoms with Crippen molar-refractivity contribution in [3.05, 3.63) is 59.9 Å². The molecule has 154 valence electrons. The van der Waals surface area contributed by atoms with Crippen molar-refractivity contribution in [2.24, 2.45) is 0 Å². The van der Waals surface area contributed by atoms with Crippen LogP contribution in [0.2, 0.25) is 0 Å². The topological polar surface area (TPSA) is 30.3 Å². The summed E-state index contributed by atoms with van der Waals surface area (Å²) >= 11 is 0. The predicted molar refractivity (Wildman–Crippen MR) is 120 cm³/mol. The monoisotopic (exact) mass is 391 g/mol. The van der Waals surface area contributed by atoms with Gasteiger partial charge >= 0.3 is 0 Å². The van der Waals surface area contributed by atoms with E-state index in [1.54, 1.807) is 0 Å². The fourth-order valence-corrected chi connectivity index (χ4v) is 4.31. The highest BCUT2D eigenvalue weighted by atomic mass is 16.5. The van der Waals surface area contributed by atoms with Crippen molar-refractivity contribution < 1.29 is 4.74 Å². The third kappa shape index (κ3) is 5.18. The number of ether oxygens (including phenoxy) is 1. The summed E-state index contributed by atoms with van der Waals surface area (Å²) in [4.78, 5) is 7.54. The predicted octanol–water partition coefficient (Wildman–Crippen LogP) is 5.23. The first-order chi connectivity index (χ1) is 14.3. The Hall–Kier alpha value is -2.33. The van der Waals surface area contributed by atoms with Gasteiger partial charge in [-0.25, -0.2) is 4.98 Å². The van der Waals surface area contributed by atoms with Crippen LogP contribution in [0.1, 0.15) is 43.5 Å². The molecule has 4 rings (SSSR count). The van der Waals surface area contributed by atoms with Crippen LogP contribution in [0.4, 0.5) is 0 Å². The molecule has 1 fully saturated rings. The fraction of sp³-hybridized carbons (Fsp3) is 0.480. The number of aromatic nitrogens is 2. The Morgan fingerprint density at radius 2 is 1.69 bits per heavy atom. The van der Waals surface area contributed by atoms with Crippen LogP contribution in [-0.2, 0) is 13.0 Å². The molecule has 0 unspecified atom stereocenters. The van der Waals surface area contributed by atoms with Gasteiger partial charge in [0.15, 0.2) is 0 Å². The van der Waals surface area contributed by atoms with E-state index in [0.29, 0.717) is 0 Å². The molecule has 0 aliphatic carbocycles. The molecule has 2 heterocycles. The zero-order chi connectivity index (χ0) is 19.9. The molecule has 2 aromatic carbocycles. The summed E-state index contributed by atoms with van der Waals surface area (Å²) in [6.07, 6.45) is 7.14. The lowest BCUT2D eigenvalue weighted by Crippen LogP contribution is -2.21. The Morgan fingerprint density at radius 3 is 2.55 bits per heavy atom. The first-order valence-electron chi connectivity index (χ1n) is 11.2. The van der Waals surface area contributed by atoms with E-state index < -0.39 is 0 Å². The van der Waals surface area contributed by atoms with Gasteiger partial charge in [0.05, 0.1) is 17.6 Å². The molecule has 3 aromatic rings. The smallest absolute Gasteiger partial charge is 0.122 e. The van der Waals surface area contributed by atoms with Crippen LogP contribution >= 0.6 is 0 Å². The van der Waals surface area contributed by atoms with Gasteiger partial charge in [0.1, 0.15) is 11.6 Å². The number of benzene rings is 2. The quantitative estimate of drug-likeness (QED) is 0.443. The first kappa shape index (κ1) is 20.0. The Balaban J connectivity index is 1.32. The Morgan fingerprint density at radius 1 is 0.897 bits per heavy atom. The van der Waals surface area contributed by atoms with E-state index >= 15 is 0 Å². The molecule has 0 bridgehead atoms. The molecule has 0 radical (unpaired) electrons. The highest BCUT2D eigenvalue weighted by molar-refractivity contribution is 5.75. The average Bonchev–Trinajstić information content (AvgIpc) is 3.37. The normalized spacial score (nSPS) is 14.7. The first-order valence-corrected chi connectivity index (χ1v) is 11.2. The van der Waals surface area contributed by atoms with Crippen LogP contribution < -0.4 is 4.74 Å². The summed E-state index contributed by atoms with van der Waals surface area (Å²) in [7, 11) is 0. The van der Waals surface area contributed by atoms with Crippen molar-refractivity contribution in [1.82, 2.24) is 14.5 Å². The Labute approximate surface area is 174 Å². The highest BCUT2D eigenvalue weighted by Gasteiger charge is 2.13. The van der Waals surface area contributed by atoms with Crippen LogP contribution in [0.3, 0.4) is 0 Å². The maximum atomic E-state index is 5.97. The van der Waals surface area contributed by atoms with Gasteiger partial charge in [0.2, 0.25) is 0 Å². The van der Waals surface area contributed by atoms with Crippen LogP contribution in [0.15, 0.2) is 48.5 Å². The lowest BCUT2D eigenvalue weighted by Gasteiger charge is -2.14. The largest absolute Gasteiger partial charge is 0.493 e. The minimum atomic E-state index is 0.766. The van der Waals surface area contributed by atoms with Crippen LogP contribution in [0.5, 0.6) is 5.75 Å². The third-order valence-electron chi connectivity index (χ3n) is 5.93. The fourth-order valence-electron chi connectivity index (χ4n) is 4.31. The summed E-state index contributed by atoms with van der Waals surface area (Å²) in [6, 6.07) is 16.8. The number of rotatable bonds is 10.